The van der Waals surface area contributed by atoms with E-state index in [1.54, 1.807) is 18.5 Å². The van der Waals surface area contributed by atoms with Crippen molar-refractivity contribution in [1.29, 1.82) is 0 Å². The average Bonchev–Trinajstić information content (AvgIpc) is 3.05. The molecule has 2 heterocycles. The highest BCUT2D eigenvalue weighted by molar-refractivity contribution is 8.00. The first kappa shape index (κ1) is 17.0. The fraction of sp³-hybridized carbons (Fsp3) is 0.200. The molecule has 0 aliphatic carbocycles. The van der Waals surface area contributed by atoms with Crippen molar-refractivity contribution >= 4 is 52.0 Å². The summed E-state index contributed by atoms with van der Waals surface area (Å²) < 4.78 is 0. The van der Waals surface area contributed by atoms with Crippen molar-refractivity contribution in [3.63, 3.8) is 0 Å². The minimum Gasteiger partial charge on any atom is -0.351 e. The van der Waals surface area contributed by atoms with Crippen molar-refractivity contribution in [3.8, 4) is 0 Å². The zero-order chi connectivity index (χ0) is 17.1. The molecule has 0 radical (unpaired) electrons. The summed E-state index contributed by atoms with van der Waals surface area (Å²) in [6.07, 6.45) is 2.99. The quantitative estimate of drug-likeness (QED) is 0.522. The van der Waals surface area contributed by atoms with Crippen molar-refractivity contribution in [2.24, 2.45) is 0 Å². The van der Waals surface area contributed by atoms with Gasteiger partial charge in [0.05, 0.1) is 21.6 Å². The van der Waals surface area contributed by atoms with Crippen molar-refractivity contribution in [2.75, 3.05) is 0 Å². The van der Waals surface area contributed by atoms with E-state index in [1.807, 2.05) is 13.0 Å². The second-order valence-corrected chi connectivity index (χ2v) is 7.15. The smallest absolute Gasteiger partial charge is 0.233 e. The van der Waals surface area contributed by atoms with Gasteiger partial charge in [0.2, 0.25) is 5.91 Å². The molecule has 0 bridgehead atoms. The van der Waals surface area contributed by atoms with E-state index >= 15 is 0 Å². The summed E-state index contributed by atoms with van der Waals surface area (Å²) in [5.41, 5.74) is 2.19. The van der Waals surface area contributed by atoms with Crippen LogP contribution in [0.1, 0.15) is 12.5 Å². The van der Waals surface area contributed by atoms with Crippen LogP contribution in [0.3, 0.4) is 0 Å². The largest absolute Gasteiger partial charge is 0.351 e. The van der Waals surface area contributed by atoms with E-state index in [0.717, 1.165) is 11.1 Å². The molecule has 0 aliphatic heterocycles. The maximum Gasteiger partial charge on any atom is 0.233 e. The van der Waals surface area contributed by atoms with Crippen molar-refractivity contribution in [1.82, 2.24) is 25.3 Å². The molecule has 1 aromatic carbocycles. The molecular weight excluding hydrogens is 369 g/mol. The van der Waals surface area contributed by atoms with Crippen LogP contribution in [-0.2, 0) is 11.3 Å². The maximum atomic E-state index is 12.3. The molecule has 3 aromatic rings. The minimum absolute atomic E-state index is 0.0997. The van der Waals surface area contributed by atoms with E-state index in [4.69, 9.17) is 23.2 Å². The predicted molar refractivity (Wildman–Crippen MR) is 95.3 cm³/mol. The third kappa shape index (κ3) is 3.80. The second kappa shape index (κ2) is 7.38. The zero-order valence-electron chi connectivity index (χ0n) is 12.6. The number of nitrogens with zero attached hydrogens (tertiary/aromatic N) is 3. The van der Waals surface area contributed by atoms with Gasteiger partial charge in [-0.25, -0.2) is 15.0 Å². The molecule has 124 valence electrons. The van der Waals surface area contributed by atoms with Gasteiger partial charge in [-0.2, -0.15) is 0 Å². The number of carbonyl (C=O) groups is 1. The minimum atomic E-state index is -0.325. The van der Waals surface area contributed by atoms with Crippen LogP contribution in [0.5, 0.6) is 0 Å². The Bertz CT molecular complexity index is 885. The highest BCUT2D eigenvalue weighted by Crippen LogP contribution is 2.26. The fourth-order valence-corrected chi connectivity index (χ4v) is 3.26. The number of thioether (sulfide) groups is 1. The Morgan fingerprint density at radius 1 is 1.29 bits per heavy atom. The third-order valence-corrected chi connectivity index (χ3v) is 5.14. The van der Waals surface area contributed by atoms with Crippen LogP contribution in [0.15, 0.2) is 35.9 Å². The summed E-state index contributed by atoms with van der Waals surface area (Å²) in [7, 11) is 0. The molecule has 0 spiro atoms. The molecule has 0 fully saturated rings. The van der Waals surface area contributed by atoms with E-state index in [1.165, 1.54) is 18.1 Å². The standard InChI is InChI=1S/C15H13Cl2N5OS/c1-8(24-15-12-13(20-6-19-12)21-7-22-15)14(23)18-5-9-2-3-10(16)11(17)4-9/h2-4,6-8H,5H2,1H3,(H,18,23)(H,19,20,21,22). The SMILES string of the molecule is CC(Sc1ncnc2nc[nH]c12)C(=O)NCc1ccc(Cl)c(Cl)c1. The molecule has 1 atom stereocenters. The van der Waals surface area contributed by atoms with E-state index < -0.39 is 0 Å². The molecular formula is C15H13Cl2N5OS. The van der Waals surface area contributed by atoms with Crippen LogP contribution in [0.2, 0.25) is 10.0 Å². The molecule has 9 heteroatoms. The van der Waals surface area contributed by atoms with Crippen molar-refractivity contribution in [3.05, 3.63) is 46.5 Å². The van der Waals surface area contributed by atoms with Crippen molar-refractivity contribution < 1.29 is 4.79 Å². The second-order valence-electron chi connectivity index (χ2n) is 5.01. The number of benzene rings is 1. The predicted octanol–water partition coefficient (Wildman–Crippen LogP) is 3.46. The summed E-state index contributed by atoms with van der Waals surface area (Å²) in [5.74, 6) is -0.0997. The fourth-order valence-electron chi connectivity index (χ4n) is 2.04. The Morgan fingerprint density at radius 2 is 2.12 bits per heavy atom. The lowest BCUT2D eigenvalue weighted by molar-refractivity contribution is -0.120. The van der Waals surface area contributed by atoms with E-state index in [0.29, 0.717) is 27.3 Å². The van der Waals surface area contributed by atoms with Gasteiger partial charge in [-0.05, 0) is 24.6 Å². The van der Waals surface area contributed by atoms with Gasteiger partial charge in [0.1, 0.15) is 16.9 Å². The maximum absolute atomic E-state index is 12.3. The van der Waals surface area contributed by atoms with Crippen LogP contribution in [-0.4, -0.2) is 31.1 Å². The summed E-state index contributed by atoms with van der Waals surface area (Å²) in [4.78, 5) is 27.6. The Hall–Kier alpha value is -1.83. The van der Waals surface area contributed by atoms with Gasteiger partial charge in [0, 0.05) is 6.54 Å². The molecule has 24 heavy (non-hydrogen) atoms. The molecule has 3 rings (SSSR count). The molecule has 0 saturated heterocycles. The number of imidazole rings is 1. The lowest BCUT2D eigenvalue weighted by Gasteiger charge is -2.12. The monoisotopic (exact) mass is 381 g/mol. The van der Waals surface area contributed by atoms with Crippen LogP contribution in [0.25, 0.3) is 11.2 Å². The molecule has 1 unspecified atom stereocenters. The number of aromatic nitrogens is 4. The van der Waals surface area contributed by atoms with E-state index in [2.05, 4.69) is 25.3 Å². The van der Waals surface area contributed by atoms with Gasteiger partial charge >= 0.3 is 0 Å². The lowest BCUT2D eigenvalue weighted by atomic mass is 10.2. The van der Waals surface area contributed by atoms with Crippen LogP contribution < -0.4 is 5.32 Å². The highest BCUT2D eigenvalue weighted by atomic mass is 35.5. The van der Waals surface area contributed by atoms with Crippen LogP contribution in [0, 0.1) is 0 Å². The number of nitrogens with one attached hydrogen (secondary N) is 2. The third-order valence-electron chi connectivity index (χ3n) is 3.30. The van der Waals surface area contributed by atoms with Crippen molar-refractivity contribution in [2.45, 2.75) is 23.7 Å². The summed E-state index contributed by atoms with van der Waals surface area (Å²) >= 11 is 13.2. The molecule has 6 nitrogen and oxygen atoms in total. The topological polar surface area (TPSA) is 83.6 Å². The molecule has 1 amide bonds. The van der Waals surface area contributed by atoms with Crippen LogP contribution in [0.4, 0.5) is 0 Å². The summed E-state index contributed by atoms with van der Waals surface area (Å²) in [5, 5.41) is 4.20. The van der Waals surface area contributed by atoms with E-state index in [-0.39, 0.29) is 11.2 Å². The summed E-state index contributed by atoms with van der Waals surface area (Å²) in [6, 6.07) is 5.27. The first-order valence-electron chi connectivity index (χ1n) is 7.07. The van der Waals surface area contributed by atoms with Gasteiger partial charge < -0.3 is 10.3 Å². The molecule has 2 N–H and O–H groups in total. The average molecular weight is 382 g/mol. The molecule has 0 aliphatic rings. The lowest BCUT2D eigenvalue weighted by Crippen LogP contribution is -2.30. The Kier molecular flexibility index (Phi) is 5.23. The first-order chi connectivity index (χ1) is 11.5. The normalized spacial score (nSPS) is 12.3. The number of rotatable bonds is 5. The number of halogens is 2. The van der Waals surface area contributed by atoms with Gasteiger partial charge in [0.15, 0.2) is 5.65 Å². The first-order valence-corrected chi connectivity index (χ1v) is 8.70. The zero-order valence-corrected chi connectivity index (χ0v) is 14.9. The summed E-state index contributed by atoms with van der Waals surface area (Å²) in [6.45, 7) is 2.20. The molecule has 0 saturated carbocycles. The number of fused-ring (bicyclic) bond motifs is 1. The number of hydrogen-bond donors (Lipinski definition) is 2. The van der Waals surface area contributed by atoms with Gasteiger partial charge in [-0.15, -0.1) is 0 Å². The van der Waals surface area contributed by atoms with E-state index in [9.17, 15) is 4.79 Å². The number of H-pyrrole nitrogens is 1. The highest BCUT2D eigenvalue weighted by Gasteiger charge is 2.17. The van der Waals surface area contributed by atoms with Gasteiger partial charge in [0.25, 0.3) is 0 Å². The van der Waals surface area contributed by atoms with Crippen LogP contribution >= 0.6 is 35.0 Å². The number of carbonyl (C=O) groups excluding carboxylic acids is 1. The Morgan fingerprint density at radius 3 is 2.92 bits per heavy atom. The van der Waals surface area contributed by atoms with Gasteiger partial charge in [-0.1, -0.05) is 41.0 Å². The Balaban J connectivity index is 1.62. The van der Waals surface area contributed by atoms with Gasteiger partial charge in [-0.3, -0.25) is 4.79 Å². The number of aromatic amines is 1. The Labute approximate surface area is 152 Å². The number of amides is 1. The number of hydrogen-bond acceptors (Lipinski definition) is 5. The molecule has 2 aromatic heterocycles.